The number of fused-ring (bicyclic) bond motifs is 1. The molecule has 1 aliphatic rings. The standard InChI is InChI=1S/C19H22ClN3O3/c1-2-22(12-17(24)25)13-7-10-23(11-8-13)19(26)15-5-6-16(20)14-4-3-9-21-18(14)15/h3-6,9,13H,2,7-8,10-12H2,1H3,(H,24,25). The Hall–Kier alpha value is -2.18. The number of likely N-dealkylation sites (tertiary alicyclic amines) is 1. The highest BCUT2D eigenvalue weighted by Gasteiger charge is 2.28. The highest BCUT2D eigenvalue weighted by Crippen LogP contribution is 2.27. The van der Waals surface area contributed by atoms with Gasteiger partial charge in [0, 0.05) is 30.7 Å². The van der Waals surface area contributed by atoms with Crippen molar-refractivity contribution < 1.29 is 14.7 Å². The van der Waals surface area contributed by atoms with Gasteiger partial charge in [0.1, 0.15) is 0 Å². The number of halogens is 1. The van der Waals surface area contributed by atoms with Crippen molar-refractivity contribution in [3.05, 3.63) is 41.0 Å². The summed E-state index contributed by atoms with van der Waals surface area (Å²) in [7, 11) is 0. The number of amides is 1. The zero-order chi connectivity index (χ0) is 18.7. The quantitative estimate of drug-likeness (QED) is 0.869. The molecule has 2 heterocycles. The summed E-state index contributed by atoms with van der Waals surface area (Å²) in [5.41, 5.74) is 1.18. The van der Waals surface area contributed by atoms with E-state index in [1.165, 1.54) is 0 Å². The molecule has 0 bridgehead atoms. The number of carboxylic acid groups (broad SMARTS) is 1. The van der Waals surface area contributed by atoms with Gasteiger partial charge in [-0.05, 0) is 43.7 Å². The van der Waals surface area contributed by atoms with Crippen molar-refractivity contribution in [2.24, 2.45) is 0 Å². The van der Waals surface area contributed by atoms with Crippen molar-refractivity contribution >= 4 is 34.4 Å². The first-order chi connectivity index (χ1) is 12.5. The lowest BCUT2D eigenvalue weighted by Gasteiger charge is -2.37. The first kappa shape index (κ1) is 18.6. The molecule has 1 saturated heterocycles. The minimum atomic E-state index is -0.816. The van der Waals surface area contributed by atoms with Crippen LogP contribution in [0.15, 0.2) is 30.5 Å². The van der Waals surface area contributed by atoms with Crippen LogP contribution < -0.4 is 0 Å². The van der Waals surface area contributed by atoms with Crippen LogP contribution in [0.1, 0.15) is 30.1 Å². The number of carbonyl (C=O) groups excluding carboxylic acids is 1. The molecule has 138 valence electrons. The van der Waals surface area contributed by atoms with E-state index in [0.29, 0.717) is 35.7 Å². The summed E-state index contributed by atoms with van der Waals surface area (Å²) in [5.74, 6) is -0.867. The van der Waals surface area contributed by atoms with Gasteiger partial charge in [0.15, 0.2) is 0 Å². The highest BCUT2D eigenvalue weighted by molar-refractivity contribution is 6.36. The monoisotopic (exact) mass is 375 g/mol. The number of likely N-dealkylation sites (N-methyl/N-ethyl adjacent to an activating group) is 1. The Morgan fingerprint density at radius 2 is 2.04 bits per heavy atom. The number of hydrogen-bond donors (Lipinski definition) is 1. The molecule has 7 heteroatoms. The molecule has 1 amide bonds. The zero-order valence-electron chi connectivity index (χ0n) is 14.7. The fourth-order valence-electron chi connectivity index (χ4n) is 3.59. The molecule has 0 unspecified atom stereocenters. The third kappa shape index (κ3) is 3.81. The predicted molar refractivity (Wildman–Crippen MR) is 101 cm³/mol. The summed E-state index contributed by atoms with van der Waals surface area (Å²) in [6.45, 7) is 3.91. The van der Waals surface area contributed by atoms with E-state index in [-0.39, 0.29) is 18.5 Å². The number of aromatic nitrogens is 1. The number of aliphatic carboxylic acids is 1. The van der Waals surface area contributed by atoms with E-state index in [1.807, 2.05) is 22.8 Å². The molecule has 1 N–H and O–H groups in total. The Bertz CT molecular complexity index is 819. The highest BCUT2D eigenvalue weighted by atomic mass is 35.5. The molecular formula is C19H22ClN3O3. The van der Waals surface area contributed by atoms with Gasteiger partial charge < -0.3 is 10.0 Å². The van der Waals surface area contributed by atoms with Gasteiger partial charge >= 0.3 is 5.97 Å². The fraction of sp³-hybridized carbons (Fsp3) is 0.421. The smallest absolute Gasteiger partial charge is 0.317 e. The molecule has 26 heavy (non-hydrogen) atoms. The third-order valence-electron chi connectivity index (χ3n) is 4.96. The van der Waals surface area contributed by atoms with E-state index in [1.54, 1.807) is 24.4 Å². The van der Waals surface area contributed by atoms with Crippen LogP contribution in [-0.4, -0.2) is 64.0 Å². The Labute approximate surface area is 157 Å². The maximum atomic E-state index is 13.0. The molecule has 0 saturated carbocycles. The maximum absolute atomic E-state index is 13.0. The van der Waals surface area contributed by atoms with Gasteiger partial charge in [-0.2, -0.15) is 0 Å². The van der Waals surface area contributed by atoms with Gasteiger partial charge in [-0.25, -0.2) is 0 Å². The van der Waals surface area contributed by atoms with Crippen molar-refractivity contribution in [2.45, 2.75) is 25.8 Å². The maximum Gasteiger partial charge on any atom is 0.317 e. The number of pyridine rings is 1. The van der Waals surface area contributed by atoms with Gasteiger partial charge in [0.2, 0.25) is 0 Å². The summed E-state index contributed by atoms with van der Waals surface area (Å²) in [4.78, 5) is 32.1. The van der Waals surface area contributed by atoms with Crippen LogP contribution in [0.4, 0.5) is 0 Å². The first-order valence-electron chi connectivity index (χ1n) is 8.79. The molecule has 2 aromatic rings. The Balaban J connectivity index is 1.73. The zero-order valence-corrected chi connectivity index (χ0v) is 15.4. The summed E-state index contributed by atoms with van der Waals surface area (Å²) >= 11 is 6.21. The van der Waals surface area contributed by atoms with Gasteiger partial charge in [-0.15, -0.1) is 0 Å². The van der Waals surface area contributed by atoms with E-state index >= 15 is 0 Å². The average molecular weight is 376 g/mol. The van der Waals surface area contributed by atoms with Crippen LogP contribution >= 0.6 is 11.6 Å². The number of benzene rings is 1. The second kappa shape index (κ2) is 8.01. The number of piperidine rings is 1. The van der Waals surface area contributed by atoms with E-state index in [4.69, 9.17) is 16.7 Å². The molecule has 0 spiro atoms. The van der Waals surface area contributed by atoms with Crippen LogP contribution in [0, 0.1) is 0 Å². The third-order valence-corrected chi connectivity index (χ3v) is 5.29. The lowest BCUT2D eigenvalue weighted by atomic mass is 10.0. The van der Waals surface area contributed by atoms with Crippen molar-refractivity contribution in [3.8, 4) is 0 Å². The Kier molecular flexibility index (Phi) is 5.74. The molecule has 1 aromatic carbocycles. The van der Waals surface area contributed by atoms with Crippen LogP contribution in [0.3, 0.4) is 0 Å². The second-order valence-electron chi connectivity index (χ2n) is 6.47. The van der Waals surface area contributed by atoms with E-state index in [0.717, 1.165) is 18.2 Å². The number of nitrogens with zero attached hydrogens (tertiary/aromatic N) is 3. The second-order valence-corrected chi connectivity index (χ2v) is 6.88. The van der Waals surface area contributed by atoms with E-state index in [9.17, 15) is 9.59 Å². The van der Waals surface area contributed by atoms with Gasteiger partial charge in [-0.3, -0.25) is 19.5 Å². The van der Waals surface area contributed by atoms with Gasteiger partial charge in [-0.1, -0.05) is 18.5 Å². The molecule has 0 radical (unpaired) electrons. The largest absolute Gasteiger partial charge is 0.480 e. The molecule has 1 fully saturated rings. The van der Waals surface area contributed by atoms with Crippen LogP contribution in [0.2, 0.25) is 5.02 Å². The number of rotatable bonds is 5. The number of carboxylic acids is 1. The summed E-state index contributed by atoms with van der Waals surface area (Å²) in [5, 5.41) is 10.4. The summed E-state index contributed by atoms with van der Waals surface area (Å²) in [6.07, 6.45) is 3.20. The lowest BCUT2D eigenvalue weighted by Crippen LogP contribution is -2.48. The molecule has 1 aromatic heterocycles. The van der Waals surface area contributed by atoms with Crippen LogP contribution in [0.5, 0.6) is 0 Å². The molecule has 0 atom stereocenters. The molecule has 0 aliphatic carbocycles. The molecule has 3 rings (SSSR count). The summed E-state index contributed by atoms with van der Waals surface area (Å²) in [6, 6.07) is 7.32. The van der Waals surface area contributed by atoms with E-state index < -0.39 is 5.97 Å². The van der Waals surface area contributed by atoms with Gasteiger partial charge in [0.25, 0.3) is 5.91 Å². The molecule has 6 nitrogen and oxygen atoms in total. The molecule has 1 aliphatic heterocycles. The number of hydrogen-bond acceptors (Lipinski definition) is 4. The van der Waals surface area contributed by atoms with Crippen LogP contribution in [-0.2, 0) is 4.79 Å². The fourth-order valence-corrected chi connectivity index (χ4v) is 3.80. The predicted octanol–water partition coefficient (Wildman–Crippen LogP) is 2.90. The summed E-state index contributed by atoms with van der Waals surface area (Å²) < 4.78 is 0. The van der Waals surface area contributed by atoms with Crippen molar-refractivity contribution in [2.75, 3.05) is 26.2 Å². The first-order valence-corrected chi connectivity index (χ1v) is 9.17. The topological polar surface area (TPSA) is 73.7 Å². The Morgan fingerprint density at radius 3 is 2.69 bits per heavy atom. The average Bonchev–Trinajstić information content (AvgIpc) is 2.66. The Morgan fingerprint density at radius 1 is 1.31 bits per heavy atom. The van der Waals surface area contributed by atoms with Crippen molar-refractivity contribution in [3.63, 3.8) is 0 Å². The van der Waals surface area contributed by atoms with Crippen molar-refractivity contribution in [1.29, 1.82) is 0 Å². The number of carbonyl (C=O) groups is 2. The van der Waals surface area contributed by atoms with E-state index in [2.05, 4.69) is 4.98 Å². The lowest BCUT2D eigenvalue weighted by molar-refractivity contribution is -0.139. The normalized spacial score (nSPS) is 15.6. The minimum Gasteiger partial charge on any atom is -0.480 e. The SMILES string of the molecule is CCN(CC(=O)O)C1CCN(C(=O)c2ccc(Cl)c3cccnc23)CC1. The molecular weight excluding hydrogens is 354 g/mol. The minimum absolute atomic E-state index is 0.0425. The van der Waals surface area contributed by atoms with Crippen molar-refractivity contribution in [1.82, 2.24) is 14.8 Å². The van der Waals surface area contributed by atoms with Gasteiger partial charge in [0.05, 0.1) is 22.6 Å². The van der Waals surface area contributed by atoms with Crippen LogP contribution in [0.25, 0.3) is 10.9 Å².